The number of hydrogen-bond donors (Lipinski definition) is 1. The Morgan fingerprint density at radius 2 is 2.38 bits per heavy atom. The summed E-state index contributed by atoms with van der Waals surface area (Å²) in [5, 5.41) is 8.87. The topological polar surface area (TPSA) is 68.0 Å². The number of aryl methyl sites for hydroxylation is 3. The fourth-order valence-corrected chi connectivity index (χ4v) is 2.25. The average Bonchev–Trinajstić information content (AvgIpc) is 2.83. The van der Waals surface area contributed by atoms with E-state index in [9.17, 15) is 4.79 Å². The number of rotatable bonds is 4. The Balaban J connectivity index is 2.08. The minimum absolute atomic E-state index is 0.0853. The molecule has 84 valence electrons. The van der Waals surface area contributed by atoms with Gasteiger partial charge in [-0.2, -0.15) is 0 Å². The van der Waals surface area contributed by atoms with Crippen molar-refractivity contribution in [1.29, 1.82) is 0 Å². The molecule has 0 bridgehead atoms. The minimum atomic E-state index is -0.994. The van der Waals surface area contributed by atoms with E-state index >= 15 is 0 Å². The predicted octanol–water partition coefficient (Wildman–Crippen LogP) is 1.59. The van der Waals surface area contributed by atoms with Crippen LogP contribution >= 0.6 is 11.3 Å². The van der Waals surface area contributed by atoms with Gasteiger partial charge in [0.2, 0.25) is 5.82 Å². The van der Waals surface area contributed by atoms with Crippen molar-refractivity contribution in [3.63, 3.8) is 0 Å². The number of carboxylic acid groups (broad SMARTS) is 1. The molecule has 6 heteroatoms. The maximum absolute atomic E-state index is 10.8. The van der Waals surface area contributed by atoms with Gasteiger partial charge in [-0.25, -0.2) is 14.8 Å². The van der Waals surface area contributed by atoms with Crippen LogP contribution in [-0.2, 0) is 13.0 Å². The van der Waals surface area contributed by atoms with Crippen molar-refractivity contribution in [2.24, 2.45) is 0 Å². The second-order valence-electron chi connectivity index (χ2n) is 3.36. The van der Waals surface area contributed by atoms with Gasteiger partial charge in [0.15, 0.2) is 0 Å². The second-order valence-corrected chi connectivity index (χ2v) is 4.30. The van der Waals surface area contributed by atoms with Crippen molar-refractivity contribution >= 4 is 17.3 Å². The lowest BCUT2D eigenvalue weighted by Gasteiger charge is -2.03. The summed E-state index contributed by atoms with van der Waals surface area (Å²) >= 11 is 1.59. The summed E-state index contributed by atoms with van der Waals surface area (Å²) in [5.74, 6) is -0.909. The van der Waals surface area contributed by atoms with E-state index in [1.807, 2.05) is 6.92 Å². The molecule has 2 heterocycles. The summed E-state index contributed by atoms with van der Waals surface area (Å²) in [7, 11) is 0. The summed E-state index contributed by atoms with van der Waals surface area (Å²) in [6.45, 7) is 2.57. The van der Waals surface area contributed by atoms with Crippen LogP contribution in [0.4, 0.5) is 0 Å². The number of carbonyl (C=O) groups is 1. The largest absolute Gasteiger partial charge is 0.475 e. The first-order chi connectivity index (χ1) is 7.68. The number of thiazole rings is 1. The number of nitrogens with zero attached hydrogens (tertiary/aromatic N) is 3. The van der Waals surface area contributed by atoms with E-state index in [0.29, 0.717) is 6.54 Å². The van der Waals surface area contributed by atoms with Gasteiger partial charge < -0.3 is 9.67 Å². The van der Waals surface area contributed by atoms with Crippen LogP contribution in [-0.4, -0.2) is 25.6 Å². The molecule has 0 saturated heterocycles. The van der Waals surface area contributed by atoms with Gasteiger partial charge in [-0.05, 0) is 6.92 Å². The molecule has 2 rings (SSSR count). The Morgan fingerprint density at radius 1 is 1.56 bits per heavy atom. The third-order valence-corrected chi connectivity index (χ3v) is 3.33. The van der Waals surface area contributed by atoms with Crippen LogP contribution in [0.3, 0.4) is 0 Å². The van der Waals surface area contributed by atoms with Crippen LogP contribution in [0.15, 0.2) is 17.9 Å². The third-order valence-electron chi connectivity index (χ3n) is 2.33. The number of hydrogen-bond acceptors (Lipinski definition) is 4. The Hall–Kier alpha value is -1.69. The number of aromatic nitrogens is 3. The summed E-state index contributed by atoms with van der Waals surface area (Å²) in [6.07, 6.45) is 3.97. The lowest BCUT2D eigenvalue weighted by atomic mass is 10.3. The van der Waals surface area contributed by atoms with E-state index in [4.69, 9.17) is 5.11 Å². The van der Waals surface area contributed by atoms with Gasteiger partial charge >= 0.3 is 5.97 Å². The van der Waals surface area contributed by atoms with Crippen LogP contribution in [0.5, 0.6) is 0 Å². The van der Waals surface area contributed by atoms with Crippen molar-refractivity contribution in [3.05, 3.63) is 34.3 Å². The zero-order chi connectivity index (χ0) is 11.5. The Bertz CT molecular complexity index is 504. The van der Waals surface area contributed by atoms with E-state index in [1.54, 1.807) is 27.6 Å². The van der Waals surface area contributed by atoms with Crippen molar-refractivity contribution < 1.29 is 9.90 Å². The van der Waals surface area contributed by atoms with Gasteiger partial charge in [-0.3, -0.25) is 0 Å². The van der Waals surface area contributed by atoms with E-state index in [2.05, 4.69) is 9.97 Å². The quantitative estimate of drug-likeness (QED) is 0.876. The van der Waals surface area contributed by atoms with Gasteiger partial charge in [0.25, 0.3) is 0 Å². The number of aromatic carboxylic acids is 1. The summed E-state index contributed by atoms with van der Waals surface area (Å²) in [4.78, 5) is 19.9. The maximum Gasteiger partial charge on any atom is 0.372 e. The zero-order valence-corrected chi connectivity index (χ0v) is 9.57. The highest BCUT2D eigenvalue weighted by atomic mass is 32.1. The molecule has 0 amide bonds. The molecule has 1 N–H and O–H groups in total. The fraction of sp³-hybridized carbons (Fsp3) is 0.300. The van der Waals surface area contributed by atoms with Gasteiger partial charge in [-0.1, -0.05) is 0 Å². The first-order valence-electron chi connectivity index (χ1n) is 4.82. The van der Waals surface area contributed by atoms with Crippen molar-refractivity contribution in [3.8, 4) is 0 Å². The minimum Gasteiger partial charge on any atom is -0.475 e. The fourth-order valence-electron chi connectivity index (χ4n) is 1.48. The molecular formula is C10H11N3O2S. The number of carboxylic acids is 1. The van der Waals surface area contributed by atoms with E-state index in [0.717, 1.165) is 12.1 Å². The van der Waals surface area contributed by atoms with Gasteiger partial charge in [0.05, 0.1) is 11.2 Å². The molecule has 0 aliphatic heterocycles. The summed E-state index contributed by atoms with van der Waals surface area (Å²) in [6, 6.07) is 0. The van der Waals surface area contributed by atoms with E-state index < -0.39 is 5.97 Å². The molecule has 0 saturated carbocycles. The molecule has 0 atom stereocenters. The SMILES string of the molecule is Cc1ncsc1CCn1ccnc1C(=O)O. The highest BCUT2D eigenvalue weighted by molar-refractivity contribution is 7.09. The van der Waals surface area contributed by atoms with Crippen LogP contribution in [0.2, 0.25) is 0 Å². The highest BCUT2D eigenvalue weighted by Gasteiger charge is 2.11. The Morgan fingerprint density at radius 3 is 3.00 bits per heavy atom. The standard InChI is InChI=1S/C10H11N3O2S/c1-7-8(16-6-12-7)2-4-13-5-3-11-9(13)10(14)15/h3,5-6H,2,4H2,1H3,(H,14,15). The lowest BCUT2D eigenvalue weighted by molar-refractivity contribution is 0.0678. The molecule has 5 nitrogen and oxygen atoms in total. The smallest absolute Gasteiger partial charge is 0.372 e. The third kappa shape index (κ3) is 2.11. The van der Waals surface area contributed by atoms with Crippen LogP contribution in [0, 0.1) is 6.92 Å². The summed E-state index contributed by atoms with van der Waals surface area (Å²) < 4.78 is 1.64. The van der Waals surface area contributed by atoms with Crippen molar-refractivity contribution in [1.82, 2.24) is 14.5 Å². The molecule has 0 unspecified atom stereocenters. The van der Waals surface area contributed by atoms with Gasteiger partial charge in [-0.15, -0.1) is 11.3 Å². The molecule has 0 fully saturated rings. The predicted molar refractivity (Wildman–Crippen MR) is 59.7 cm³/mol. The lowest BCUT2D eigenvalue weighted by Crippen LogP contribution is -2.10. The van der Waals surface area contributed by atoms with Crippen LogP contribution < -0.4 is 0 Å². The molecule has 0 aromatic carbocycles. The molecule has 16 heavy (non-hydrogen) atoms. The first kappa shape index (κ1) is 10.8. The Labute approximate surface area is 96.4 Å². The molecule has 0 spiro atoms. The van der Waals surface area contributed by atoms with Crippen molar-refractivity contribution in [2.75, 3.05) is 0 Å². The monoisotopic (exact) mass is 237 g/mol. The Kier molecular flexibility index (Phi) is 3.00. The normalized spacial score (nSPS) is 10.6. The first-order valence-corrected chi connectivity index (χ1v) is 5.70. The average molecular weight is 237 g/mol. The van der Waals surface area contributed by atoms with Crippen LogP contribution in [0.25, 0.3) is 0 Å². The van der Waals surface area contributed by atoms with E-state index in [-0.39, 0.29) is 5.82 Å². The molecule has 0 aliphatic carbocycles. The molecule has 2 aromatic heterocycles. The number of imidazole rings is 1. The molecule has 2 aromatic rings. The van der Waals surface area contributed by atoms with E-state index in [1.165, 1.54) is 11.1 Å². The second kappa shape index (κ2) is 4.44. The van der Waals surface area contributed by atoms with Crippen molar-refractivity contribution in [2.45, 2.75) is 19.9 Å². The van der Waals surface area contributed by atoms with Gasteiger partial charge in [0.1, 0.15) is 0 Å². The molecule has 0 radical (unpaired) electrons. The molecular weight excluding hydrogens is 226 g/mol. The summed E-state index contributed by atoms with van der Waals surface area (Å²) in [5.41, 5.74) is 2.82. The highest BCUT2D eigenvalue weighted by Crippen LogP contribution is 2.13. The van der Waals surface area contributed by atoms with Gasteiger partial charge in [0, 0.05) is 30.2 Å². The zero-order valence-electron chi connectivity index (χ0n) is 8.75. The maximum atomic E-state index is 10.8. The molecule has 0 aliphatic rings. The van der Waals surface area contributed by atoms with Crippen LogP contribution in [0.1, 0.15) is 21.2 Å².